The average Bonchev–Trinajstić information content (AvgIpc) is 2.20. The van der Waals surface area contributed by atoms with Gasteiger partial charge in [0.2, 0.25) is 0 Å². The first-order valence-electron chi connectivity index (χ1n) is 5.72. The Morgan fingerprint density at radius 3 is 3.00 bits per heavy atom. The Hall–Kier alpha value is -1.02. The molecular formula is C13H18O2. The van der Waals surface area contributed by atoms with Gasteiger partial charge in [-0.05, 0) is 30.0 Å². The fourth-order valence-electron chi connectivity index (χ4n) is 1.88. The van der Waals surface area contributed by atoms with Gasteiger partial charge in [0.1, 0.15) is 12.4 Å². The second kappa shape index (κ2) is 5.17. The monoisotopic (exact) mass is 206 g/mol. The van der Waals surface area contributed by atoms with Gasteiger partial charge in [0, 0.05) is 0 Å². The predicted octanol–water partition coefficient (Wildman–Crippen LogP) is 2.59. The van der Waals surface area contributed by atoms with Crippen molar-refractivity contribution in [3.63, 3.8) is 0 Å². The Labute approximate surface area is 91.2 Å². The summed E-state index contributed by atoms with van der Waals surface area (Å²) in [6, 6.07) is 6.56. The summed E-state index contributed by atoms with van der Waals surface area (Å²) < 4.78 is 11.1. The van der Waals surface area contributed by atoms with Crippen LogP contribution in [0.15, 0.2) is 18.2 Å². The van der Waals surface area contributed by atoms with E-state index < -0.39 is 0 Å². The van der Waals surface area contributed by atoms with Crippen molar-refractivity contribution in [1.82, 2.24) is 0 Å². The van der Waals surface area contributed by atoms with Gasteiger partial charge in [-0.25, -0.2) is 0 Å². The van der Waals surface area contributed by atoms with Crippen LogP contribution in [0.25, 0.3) is 0 Å². The highest BCUT2D eigenvalue weighted by Crippen LogP contribution is 2.23. The lowest BCUT2D eigenvalue weighted by Gasteiger charge is -2.16. The standard InChI is InChI=1S/C13H18O2/c1-2-3-11-4-5-12-6-7-14-8-9-15-13(12)10-11/h4-5,10H,2-3,6-9H2,1H3. The Morgan fingerprint density at radius 1 is 1.20 bits per heavy atom. The molecule has 1 aromatic rings. The second-order valence-corrected chi connectivity index (χ2v) is 3.90. The predicted molar refractivity (Wildman–Crippen MR) is 60.5 cm³/mol. The Kier molecular flexibility index (Phi) is 3.62. The van der Waals surface area contributed by atoms with Gasteiger partial charge in [0.05, 0.1) is 13.2 Å². The zero-order chi connectivity index (χ0) is 10.5. The van der Waals surface area contributed by atoms with Crippen molar-refractivity contribution >= 4 is 0 Å². The Morgan fingerprint density at radius 2 is 2.13 bits per heavy atom. The molecule has 0 saturated heterocycles. The van der Waals surface area contributed by atoms with E-state index in [1.165, 1.54) is 17.5 Å². The van der Waals surface area contributed by atoms with E-state index in [0.717, 1.165) is 25.2 Å². The Balaban J connectivity index is 2.19. The van der Waals surface area contributed by atoms with Crippen LogP contribution < -0.4 is 4.74 Å². The number of aryl methyl sites for hydroxylation is 1. The van der Waals surface area contributed by atoms with Crippen LogP contribution in [0, 0.1) is 0 Å². The summed E-state index contributed by atoms with van der Waals surface area (Å²) in [5.41, 5.74) is 2.65. The van der Waals surface area contributed by atoms with Crippen molar-refractivity contribution in [2.75, 3.05) is 19.8 Å². The SMILES string of the molecule is CCCc1ccc2c(c1)OCCOCC2. The molecule has 0 N–H and O–H groups in total. The number of benzene rings is 1. The van der Waals surface area contributed by atoms with Gasteiger partial charge in [0.25, 0.3) is 0 Å². The smallest absolute Gasteiger partial charge is 0.122 e. The van der Waals surface area contributed by atoms with E-state index in [1.54, 1.807) is 0 Å². The van der Waals surface area contributed by atoms with Crippen LogP contribution in [0.2, 0.25) is 0 Å². The summed E-state index contributed by atoms with van der Waals surface area (Å²) in [4.78, 5) is 0. The number of ether oxygens (including phenoxy) is 2. The molecule has 0 fully saturated rings. The van der Waals surface area contributed by atoms with Crippen LogP contribution in [-0.4, -0.2) is 19.8 Å². The molecule has 2 heteroatoms. The van der Waals surface area contributed by atoms with Gasteiger partial charge in [0.15, 0.2) is 0 Å². The quantitative estimate of drug-likeness (QED) is 0.740. The van der Waals surface area contributed by atoms with Gasteiger partial charge >= 0.3 is 0 Å². The lowest BCUT2D eigenvalue weighted by atomic mass is 10.0. The first-order valence-corrected chi connectivity index (χ1v) is 5.72. The molecule has 0 saturated carbocycles. The van der Waals surface area contributed by atoms with Crippen LogP contribution in [0.4, 0.5) is 0 Å². The molecule has 2 nitrogen and oxygen atoms in total. The third kappa shape index (κ3) is 2.72. The van der Waals surface area contributed by atoms with Gasteiger partial charge in [-0.3, -0.25) is 0 Å². The maximum atomic E-state index is 5.69. The van der Waals surface area contributed by atoms with Crippen molar-refractivity contribution in [2.24, 2.45) is 0 Å². The zero-order valence-corrected chi connectivity index (χ0v) is 9.29. The topological polar surface area (TPSA) is 18.5 Å². The number of hydrogen-bond acceptors (Lipinski definition) is 2. The summed E-state index contributed by atoms with van der Waals surface area (Å²) in [5.74, 6) is 1.06. The van der Waals surface area contributed by atoms with E-state index in [4.69, 9.17) is 9.47 Å². The van der Waals surface area contributed by atoms with Crippen LogP contribution >= 0.6 is 0 Å². The van der Waals surface area contributed by atoms with Crippen LogP contribution in [0.1, 0.15) is 24.5 Å². The molecule has 2 rings (SSSR count). The molecule has 0 spiro atoms. The molecule has 0 atom stereocenters. The molecule has 0 bridgehead atoms. The highest BCUT2D eigenvalue weighted by atomic mass is 16.5. The average molecular weight is 206 g/mol. The molecule has 0 aromatic heterocycles. The van der Waals surface area contributed by atoms with Crippen LogP contribution in [0.3, 0.4) is 0 Å². The second-order valence-electron chi connectivity index (χ2n) is 3.90. The van der Waals surface area contributed by atoms with Crippen molar-refractivity contribution < 1.29 is 9.47 Å². The molecule has 0 unspecified atom stereocenters. The van der Waals surface area contributed by atoms with Crippen LogP contribution in [0.5, 0.6) is 5.75 Å². The molecule has 0 aliphatic carbocycles. The maximum Gasteiger partial charge on any atom is 0.122 e. The van der Waals surface area contributed by atoms with E-state index >= 15 is 0 Å². The fourth-order valence-corrected chi connectivity index (χ4v) is 1.88. The summed E-state index contributed by atoms with van der Waals surface area (Å²) in [5, 5.41) is 0. The first-order chi connectivity index (χ1) is 7.40. The van der Waals surface area contributed by atoms with E-state index in [-0.39, 0.29) is 0 Å². The highest BCUT2D eigenvalue weighted by Gasteiger charge is 2.08. The van der Waals surface area contributed by atoms with E-state index in [2.05, 4.69) is 25.1 Å². The molecule has 1 heterocycles. The maximum absolute atomic E-state index is 5.69. The summed E-state index contributed by atoms with van der Waals surface area (Å²) in [6.45, 7) is 4.38. The van der Waals surface area contributed by atoms with E-state index in [9.17, 15) is 0 Å². The molecule has 0 radical (unpaired) electrons. The lowest BCUT2D eigenvalue weighted by Crippen LogP contribution is -2.13. The minimum atomic E-state index is 0.669. The minimum Gasteiger partial charge on any atom is -0.491 e. The molecule has 15 heavy (non-hydrogen) atoms. The summed E-state index contributed by atoms with van der Waals surface area (Å²) >= 11 is 0. The summed E-state index contributed by atoms with van der Waals surface area (Å²) in [6.07, 6.45) is 3.27. The number of rotatable bonds is 2. The van der Waals surface area contributed by atoms with Crippen LogP contribution in [-0.2, 0) is 17.6 Å². The third-order valence-corrected chi connectivity index (χ3v) is 2.67. The van der Waals surface area contributed by atoms with Gasteiger partial charge < -0.3 is 9.47 Å². The van der Waals surface area contributed by atoms with Gasteiger partial charge in [-0.2, -0.15) is 0 Å². The normalized spacial score (nSPS) is 16.1. The largest absolute Gasteiger partial charge is 0.491 e. The molecule has 1 aliphatic rings. The molecular weight excluding hydrogens is 188 g/mol. The van der Waals surface area contributed by atoms with Gasteiger partial charge in [-0.1, -0.05) is 25.5 Å². The van der Waals surface area contributed by atoms with Crippen molar-refractivity contribution in [3.8, 4) is 5.75 Å². The molecule has 82 valence electrons. The lowest BCUT2D eigenvalue weighted by molar-refractivity contribution is 0.0933. The number of hydrogen-bond donors (Lipinski definition) is 0. The molecule has 1 aromatic carbocycles. The van der Waals surface area contributed by atoms with Gasteiger partial charge in [-0.15, -0.1) is 0 Å². The third-order valence-electron chi connectivity index (χ3n) is 2.67. The van der Waals surface area contributed by atoms with E-state index in [1.807, 2.05) is 0 Å². The summed E-state index contributed by atoms with van der Waals surface area (Å²) in [7, 11) is 0. The first kappa shape index (κ1) is 10.5. The molecule has 1 aliphatic heterocycles. The Bertz CT molecular complexity index is 320. The minimum absolute atomic E-state index is 0.669. The zero-order valence-electron chi connectivity index (χ0n) is 9.29. The highest BCUT2D eigenvalue weighted by molar-refractivity contribution is 5.38. The van der Waals surface area contributed by atoms with E-state index in [0.29, 0.717) is 13.2 Å². The fraction of sp³-hybridized carbons (Fsp3) is 0.538. The van der Waals surface area contributed by atoms with Crippen molar-refractivity contribution in [3.05, 3.63) is 29.3 Å². The van der Waals surface area contributed by atoms with Crippen molar-refractivity contribution in [1.29, 1.82) is 0 Å². The molecule has 0 amide bonds. The number of fused-ring (bicyclic) bond motifs is 1. The van der Waals surface area contributed by atoms with Crippen molar-refractivity contribution in [2.45, 2.75) is 26.2 Å².